The van der Waals surface area contributed by atoms with Crippen molar-refractivity contribution in [3.05, 3.63) is 81.7 Å². The van der Waals surface area contributed by atoms with E-state index in [1.807, 2.05) is 0 Å². The van der Waals surface area contributed by atoms with Crippen LogP contribution in [0.2, 0.25) is 0 Å². The molecule has 0 saturated carbocycles. The molecular formula is C25H26O4. The Morgan fingerprint density at radius 3 is 2.41 bits per heavy atom. The molecule has 0 radical (unpaired) electrons. The standard InChI is InChI=1S/C25H26O4/c1-16(2)5-4-6-17(3)7-12-20-23(27)14-13-21-24(28)22(15-29-25(20)21)18-8-10-19(26)11-9-18/h5,7-11,13-15,26-27H,4,6,12H2,1-3H3/b17-7+. The predicted molar refractivity (Wildman–Crippen MR) is 117 cm³/mol. The van der Waals surface area contributed by atoms with Crippen molar-refractivity contribution in [3.63, 3.8) is 0 Å². The Balaban J connectivity index is 1.95. The highest BCUT2D eigenvalue weighted by atomic mass is 16.3. The van der Waals surface area contributed by atoms with Crippen LogP contribution in [0, 0.1) is 0 Å². The summed E-state index contributed by atoms with van der Waals surface area (Å²) in [5.41, 5.74) is 4.47. The van der Waals surface area contributed by atoms with Crippen molar-refractivity contribution in [2.45, 2.75) is 40.0 Å². The Labute approximate surface area is 170 Å². The Kier molecular flexibility index (Phi) is 6.23. The minimum absolute atomic E-state index is 0.117. The van der Waals surface area contributed by atoms with Gasteiger partial charge in [-0.25, -0.2) is 0 Å². The van der Waals surface area contributed by atoms with Crippen LogP contribution >= 0.6 is 0 Å². The molecule has 0 saturated heterocycles. The Bertz CT molecular complexity index is 1130. The van der Waals surface area contributed by atoms with E-state index in [0.29, 0.717) is 34.1 Å². The van der Waals surface area contributed by atoms with Gasteiger partial charge in [0.25, 0.3) is 0 Å². The second-order valence-electron chi connectivity index (χ2n) is 7.54. The van der Waals surface area contributed by atoms with Gasteiger partial charge in [-0.15, -0.1) is 0 Å². The van der Waals surface area contributed by atoms with Crippen LogP contribution in [0.4, 0.5) is 0 Å². The van der Waals surface area contributed by atoms with Crippen LogP contribution < -0.4 is 5.43 Å². The molecule has 29 heavy (non-hydrogen) atoms. The van der Waals surface area contributed by atoms with E-state index in [2.05, 4.69) is 32.9 Å². The van der Waals surface area contributed by atoms with Gasteiger partial charge < -0.3 is 14.6 Å². The lowest BCUT2D eigenvalue weighted by atomic mass is 10.0. The monoisotopic (exact) mass is 390 g/mol. The Morgan fingerprint density at radius 1 is 1.00 bits per heavy atom. The van der Waals surface area contributed by atoms with Crippen LogP contribution in [-0.2, 0) is 6.42 Å². The van der Waals surface area contributed by atoms with Crippen LogP contribution in [0.5, 0.6) is 11.5 Å². The lowest BCUT2D eigenvalue weighted by molar-refractivity contribution is 0.468. The summed E-state index contributed by atoms with van der Waals surface area (Å²) in [6.07, 6.45) is 8.12. The first-order chi connectivity index (χ1) is 13.9. The highest BCUT2D eigenvalue weighted by molar-refractivity contribution is 5.85. The highest BCUT2D eigenvalue weighted by Crippen LogP contribution is 2.29. The largest absolute Gasteiger partial charge is 0.508 e. The van der Waals surface area contributed by atoms with Crippen molar-refractivity contribution < 1.29 is 14.6 Å². The van der Waals surface area contributed by atoms with Crippen LogP contribution in [-0.4, -0.2) is 10.2 Å². The smallest absolute Gasteiger partial charge is 0.200 e. The van der Waals surface area contributed by atoms with E-state index in [-0.39, 0.29) is 16.9 Å². The molecular weight excluding hydrogens is 364 g/mol. The van der Waals surface area contributed by atoms with Gasteiger partial charge in [0.1, 0.15) is 23.3 Å². The molecule has 0 amide bonds. The van der Waals surface area contributed by atoms with E-state index < -0.39 is 0 Å². The molecule has 3 rings (SSSR count). The third kappa shape index (κ3) is 4.77. The zero-order valence-electron chi connectivity index (χ0n) is 17.0. The fourth-order valence-electron chi connectivity index (χ4n) is 3.25. The van der Waals surface area contributed by atoms with E-state index in [9.17, 15) is 15.0 Å². The molecule has 2 N–H and O–H groups in total. The van der Waals surface area contributed by atoms with Gasteiger partial charge in [-0.05, 0) is 69.9 Å². The topological polar surface area (TPSA) is 70.7 Å². The van der Waals surface area contributed by atoms with Crippen LogP contribution in [0.25, 0.3) is 22.1 Å². The number of allylic oxidation sites excluding steroid dienone is 4. The molecule has 4 nitrogen and oxygen atoms in total. The van der Waals surface area contributed by atoms with Crippen molar-refractivity contribution in [2.75, 3.05) is 0 Å². The van der Waals surface area contributed by atoms with Crippen LogP contribution in [0.1, 0.15) is 39.2 Å². The minimum atomic E-state index is -0.164. The molecule has 0 aliphatic rings. The maximum absolute atomic E-state index is 13.0. The summed E-state index contributed by atoms with van der Waals surface area (Å²) >= 11 is 0. The van der Waals surface area contributed by atoms with E-state index >= 15 is 0 Å². The normalized spacial score (nSPS) is 11.6. The van der Waals surface area contributed by atoms with Crippen molar-refractivity contribution >= 4 is 11.0 Å². The molecule has 1 heterocycles. The van der Waals surface area contributed by atoms with Gasteiger partial charge in [-0.1, -0.05) is 35.4 Å². The molecule has 0 spiro atoms. The van der Waals surface area contributed by atoms with Gasteiger partial charge >= 0.3 is 0 Å². The number of phenolic OH excluding ortho intramolecular Hbond substituents is 2. The van der Waals surface area contributed by atoms with Gasteiger partial charge in [-0.2, -0.15) is 0 Å². The highest BCUT2D eigenvalue weighted by Gasteiger charge is 2.14. The minimum Gasteiger partial charge on any atom is -0.508 e. The van der Waals surface area contributed by atoms with Crippen molar-refractivity contribution in [2.24, 2.45) is 0 Å². The first kappa shape index (κ1) is 20.5. The first-order valence-corrected chi connectivity index (χ1v) is 9.71. The maximum atomic E-state index is 13.0. The van der Waals surface area contributed by atoms with Gasteiger partial charge in [-0.3, -0.25) is 4.79 Å². The SMILES string of the molecule is CC(C)=CCC/C(C)=C/Cc1c(O)ccc2c(=O)c(-c3ccc(O)cc3)coc12. The molecule has 0 bridgehead atoms. The molecule has 0 fully saturated rings. The fraction of sp³-hybridized carbons (Fsp3) is 0.240. The summed E-state index contributed by atoms with van der Waals surface area (Å²) in [6.45, 7) is 6.24. The summed E-state index contributed by atoms with van der Waals surface area (Å²) in [5.74, 6) is 0.254. The Hall–Kier alpha value is -3.27. The zero-order chi connectivity index (χ0) is 21.0. The second kappa shape index (κ2) is 8.82. The zero-order valence-corrected chi connectivity index (χ0v) is 17.0. The molecule has 4 heteroatoms. The van der Waals surface area contributed by atoms with Crippen molar-refractivity contribution in [1.82, 2.24) is 0 Å². The number of aromatic hydroxyl groups is 2. The molecule has 0 atom stereocenters. The summed E-state index contributed by atoms with van der Waals surface area (Å²) in [5, 5.41) is 20.2. The lowest BCUT2D eigenvalue weighted by Gasteiger charge is -2.09. The van der Waals surface area contributed by atoms with E-state index in [4.69, 9.17) is 4.42 Å². The fourth-order valence-corrected chi connectivity index (χ4v) is 3.25. The quantitative estimate of drug-likeness (QED) is 0.498. The summed E-state index contributed by atoms with van der Waals surface area (Å²) in [4.78, 5) is 13.0. The molecule has 0 aliphatic carbocycles. The van der Waals surface area contributed by atoms with Crippen LogP contribution in [0.3, 0.4) is 0 Å². The number of rotatable bonds is 6. The third-order valence-corrected chi connectivity index (χ3v) is 4.94. The van der Waals surface area contributed by atoms with E-state index in [1.165, 1.54) is 29.5 Å². The molecule has 0 aliphatic heterocycles. The van der Waals surface area contributed by atoms with Gasteiger partial charge in [0.05, 0.1) is 10.9 Å². The second-order valence-corrected chi connectivity index (χ2v) is 7.54. The molecule has 1 aromatic heterocycles. The molecule has 3 aromatic rings. The Morgan fingerprint density at radius 2 is 1.72 bits per heavy atom. The average Bonchev–Trinajstić information content (AvgIpc) is 2.68. The third-order valence-electron chi connectivity index (χ3n) is 4.94. The molecule has 0 unspecified atom stereocenters. The van der Waals surface area contributed by atoms with Gasteiger partial charge in [0.15, 0.2) is 0 Å². The van der Waals surface area contributed by atoms with Crippen LogP contribution in [0.15, 0.2) is 75.2 Å². The van der Waals surface area contributed by atoms with Crippen molar-refractivity contribution in [3.8, 4) is 22.6 Å². The number of fused-ring (bicyclic) bond motifs is 1. The number of phenols is 2. The predicted octanol–water partition coefficient (Wildman–Crippen LogP) is 6.11. The van der Waals surface area contributed by atoms with Crippen molar-refractivity contribution in [1.29, 1.82) is 0 Å². The average molecular weight is 390 g/mol. The molecule has 150 valence electrons. The lowest BCUT2D eigenvalue weighted by Crippen LogP contribution is -2.06. The van der Waals surface area contributed by atoms with Gasteiger partial charge in [0, 0.05) is 5.56 Å². The maximum Gasteiger partial charge on any atom is 0.200 e. The number of hydrogen-bond donors (Lipinski definition) is 2. The summed E-state index contributed by atoms with van der Waals surface area (Å²) < 4.78 is 5.80. The van der Waals surface area contributed by atoms with E-state index in [1.54, 1.807) is 24.3 Å². The van der Waals surface area contributed by atoms with Gasteiger partial charge in [0.2, 0.25) is 5.43 Å². The molecule has 2 aromatic carbocycles. The number of hydrogen-bond acceptors (Lipinski definition) is 4. The number of benzene rings is 2. The van der Waals surface area contributed by atoms with E-state index in [0.717, 1.165) is 12.8 Å². The summed E-state index contributed by atoms with van der Waals surface area (Å²) in [7, 11) is 0. The first-order valence-electron chi connectivity index (χ1n) is 9.71. The summed E-state index contributed by atoms with van der Waals surface area (Å²) in [6, 6.07) is 9.55.